The Hall–Kier alpha value is -2.83. The number of carbonyl (C=O) groups excluding carboxylic acids is 2. The van der Waals surface area contributed by atoms with E-state index in [9.17, 15) is 9.59 Å². The number of piperazine rings is 1. The Balaban J connectivity index is 1.47. The highest BCUT2D eigenvalue weighted by Crippen LogP contribution is 2.09. The monoisotopic (exact) mass is 314 g/mol. The summed E-state index contributed by atoms with van der Waals surface area (Å²) in [5.41, 5.74) is 1.000. The number of hydrogen-bond acceptors (Lipinski definition) is 4. The smallest absolute Gasteiger partial charge is 0.317 e. The van der Waals surface area contributed by atoms with Crippen molar-refractivity contribution >= 4 is 11.9 Å². The number of rotatable bonds is 3. The lowest BCUT2D eigenvalue weighted by Crippen LogP contribution is -2.53. The maximum absolute atomic E-state index is 12.2. The van der Waals surface area contributed by atoms with Crippen molar-refractivity contribution in [3.63, 3.8) is 0 Å². The third-order valence-corrected chi connectivity index (χ3v) is 3.78. The largest absolute Gasteiger partial charge is 0.459 e. The van der Waals surface area contributed by atoms with Gasteiger partial charge in [0.1, 0.15) is 0 Å². The Kier molecular flexibility index (Phi) is 4.56. The molecular formula is C16H18N4O3. The first kappa shape index (κ1) is 15.1. The van der Waals surface area contributed by atoms with Gasteiger partial charge in [-0.3, -0.25) is 9.78 Å². The minimum atomic E-state index is -0.133. The molecule has 0 aromatic carbocycles. The number of nitrogens with one attached hydrogen (secondary N) is 1. The molecule has 1 N–H and O–H groups in total. The van der Waals surface area contributed by atoms with Crippen molar-refractivity contribution in [3.8, 4) is 0 Å². The van der Waals surface area contributed by atoms with Crippen LogP contribution in [0.5, 0.6) is 0 Å². The predicted octanol–water partition coefficient (Wildman–Crippen LogP) is 1.34. The van der Waals surface area contributed by atoms with Gasteiger partial charge in [0.2, 0.25) is 0 Å². The van der Waals surface area contributed by atoms with Gasteiger partial charge in [-0.1, -0.05) is 0 Å². The van der Waals surface area contributed by atoms with Gasteiger partial charge in [0, 0.05) is 45.1 Å². The SMILES string of the molecule is O=C(NCc1ccncc1)N1CCN(C(=O)c2ccco2)CC1. The number of pyridine rings is 1. The van der Waals surface area contributed by atoms with Crippen LogP contribution in [-0.4, -0.2) is 52.9 Å². The molecule has 0 bridgehead atoms. The van der Waals surface area contributed by atoms with E-state index in [0.29, 0.717) is 38.5 Å². The summed E-state index contributed by atoms with van der Waals surface area (Å²) in [5, 5.41) is 2.88. The standard InChI is InChI=1S/C16H18N4O3/c21-15(14-2-1-11-23-14)19-7-9-20(10-8-19)16(22)18-12-13-3-5-17-6-4-13/h1-6,11H,7-10,12H2,(H,18,22). The number of amides is 3. The van der Waals surface area contributed by atoms with Crippen molar-refractivity contribution in [3.05, 3.63) is 54.2 Å². The first-order chi connectivity index (χ1) is 11.2. The Morgan fingerprint density at radius 3 is 2.43 bits per heavy atom. The molecule has 0 radical (unpaired) electrons. The van der Waals surface area contributed by atoms with Crippen molar-refractivity contribution in [1.29, 1.82) is 0 Å². The van der Waals surface area contributed by atoms with Gasteiger partial charge in [-0.2, -0.15) is 0 Å². The van der Waals surface area contributed by atoms with Gasteiger partial charge >= 0.3 is 6.03 Å². The Morgan fingerprint density at radius 2 is 1.78 bits per heavy atom. The molecule has 1 aliphatic rings. The van der Waals surface area contributed by atoms with Crippen LogP contribution in [0, 0.1) is 0 Å². The van der Waals surface area contributed by atoms with Crippen molar-refractivity contribution in [2.45, 2.75) is 6.54 Å². The highest BCUT2D eigenvalue weighted by Gasteiger charge is 2.25. The molecule has 0 saturated carbocycles. The van der Waals surface area contributed by atoms with E-state index in [4.69, 9.17) is 4.42 Å². The summed E-state index contributed by atoms with van der Waals surface area (Å²) in [6.07, 6.45) is 4.87. The molecule has 3 heterocycles. The molecule has 2 aromatic rings. The molecule has 0 aliphatic carbocycles. The Labute approximate surface area is 133 Å². The zero-order valence-corrected chi connectivity index (χ0v) is 12.6. The minimum Gasteiger partial charge on any atom is -0.459 e. The van der Waals surface area contributed by atoms with Gasteiger partial charge < -0.3 is 19.5 Å². The molecule has 7 heteroatoms. The van der Waals surface area contributed by atoms with Gasteiger partial charge in [-0.05, 0) is 29.8 Å². The van der Waals surface area contributed by atoms with E-state index in [1.807, 2.05) is 12.1 Å². The van der Waals surface area contributed by atoms with Gasteiger partial charge in [0.25, 0.3) is 5.91 Å². The number of hydrogen-bond donors (Lipinski definition) is 1. The number of furan rings is 1. The number of urea groups is 1. The Morgan fingerprint density at radius 1 is 1.09 bits per heavy atom. The lowest BCUT2D eigenvalue weighted by Gasteiger charge is -2.34. The van der Waals surface area contributed by atoms with Crippen molar-refractivity contribution in [1.82, 2.24) is 20.1 Å². The van der Waals surface area contributed by atoms with Crippen molar-refractivity contribution in [2.24, 2.45) is 0 Å². The third kappa shape index (κ3) is 3.68. The molecule has 7 nitrogen and oxygen atoms in total. The van der Waals surface area contributed by atoms with Crippen LogP contribution in [0.15, 0.2) is 47.3 Å². The first-order valence-corrected chi connectivity index (χ1v) is 7.48. The van der Waals surface area contributed by atoms with Crippen LogP contribution in [0.3, 0.4) is 0 Å². The second kappa shape index (κ2) is 6.95. The van der Waals surface area contributed by atoms with Crippen LogP contribution >= 0.6 is 0 Å². The summed E-state index contributed by atoms with van der Waals surface area (Å²) in [5.74, 6) is 0.201. The highest BCUT2D eigenvalue weighted by molar-refractivity contribution is 5.91. The second-order valence-corrected chi connectivity index (χ2v) is 5.27. The molecule has 120 valence electrons. The van der Waals surface area contributed by atoms with Crippen LogP contribution in [0.25, 0.3) is 0 Å². The van der Waals surface area contributed by atoms with Crippen LogP contribution < -0.4 is 5.32 Å². The average molecular weight is 314 g/mol. The lowest BCUT2D eigenvalue weighted by molar-refractivity contribution is 0.0634. The van der Waals surface area contributed by atoms with E-state index in [1.54, 1.807) is 34.3 Å². The van der Waals surface area contributed by atoms with Crippen molar-refractivity contribution < 1.29 is 14.0 Å². The molecule has 0 spiro atoms. The molecule has 3 amide bonds. The van der Waals surface area contributed by atoms with Gasteiger partial charge in [0.15, 0.2) is 5.76 Å². The summed E-state index contributed by atoms with van der Waals surface area (Å²) in [4.78, 5) is 31.7. The van der Waals surface area contributed by atoms with E-state index in [2.05, 4.69) is 10.3 Å². The Bertz CT molecular complexity index is 649. The summed E-state index contributed by atoms with van der Waals surface area (Å²) < 4.78 is 5.12. The molecule has 3 rings (SSSR count). The minimum absolute atomic E-state index is 0.119. The topological polar surface area (TPSA) is 78.7 Å². The van der Waals surface area contributed by atoms with Gasteiger partial charge in [-0.15, -0.1) is 0 Å². The van der Waals surface area contributed by atoms with Crippen molar-refractivity contribution in [2.75, 3.05) is 26.2 Å². The molecule has 0 atom stereocenters. The summed E-state index contributed by atoms with van der Waals surface area (Å²) >= 11 is 0. The second-order valence-electron chi connectivity index (χ2n) is 5.27. The molecule has 1 fully saturated rings. The van der Waals surface area contributed by atoms with Crippen LogP contribution in [0.2, 0.25) is 0 Å². The number of nitrogens with zero attached hydrogens (tertiary/aromatic N) is 3. The predicted molar refractivity (Wildman–Crippen MR) is 82.7 cm³/mol. The molecule has 1 aliphatic heterocycles. The van der Waals surface area contributed by atoms with E-state index in [1.165, 1.54) is 6.26 Å². The summed E-state index contributed by atoms with van der Waals surface area (Å²) in [6, 6.07) is 6.94. The average Bonchev–Trinajstić information content (AvgIpc) is 3.15. The van der Waals surface area contributed by atoms with E-state index in [0.717, 1.165) is 5.56 Å². The quantitative estimate of drug-likeness (QED) is 0.927. The summed E-state index contributed by atoms with van der Waals surface area (Å²) in [7, 11) is 0. The van der Waals surface area contributed by atoms with Crippen LogP contribution in [0.1, 0.15) is 16.1 Å². The zero-order valence-electron chi connectivity index (χ0n) is 12.6. The highest BCUT2D eigenvalue weighted by atomic mass is 16.3. The summed E-state index contributed by atoms with van der Waals surface area (Å²) in [6.45, 7) is 2.49. The fourth-order valence-electron chi connectivity index (χ4n) is 2.46. The molecular weight excluding hydrogens is 296 g/mol. The number of carbonyl (C=O) groups is 2. The lowest BCUT2D eigenvalue weighted by atomic mass is 10.2. The van der Waals surface area contributed by atoms with E-state index in [-0.39, 0.29) is 11.9 Å². The van der Waals surface area contributed by atoms with Gasteiger partial charge in [-0.25, -0.2) is 4.79 Å². The maximum atomic E-state index is 12.2. The third-order valence-electron chi connectivity index (χ3n) is 3.78. The fourth-order valence-corrected chi connectivity index (χ4v) is 2.46. The molecule has 1 saturated heterocycles. The number of aromatic nitrogens is 1. The van der Waals surface area contributed by atoms with Crippen LogP contribution in [-0.2, 0) is 6.54 Å². The normalized spacial score (nSPS) is 14.6. The zero-order chi connectivity index (χ0) is 16.1. The van der Waals surface area contributed by atoms with E-state index < -0.39 is 0 Å². The fraction of sp³-hybridized carbons (Fsp3) is 0.312. The first-order valence-electron chi connectivity index (χ1n) is 7.48. The molecule has 0 unspecified atom stereocenters. The molecule has 23 heavy (non-hydrogen) atoms. The van der Waals surface area contributed by atoms with E-state index >= 15 is 0 Å². The molecule has 2 aromatic heterocycles. The van der Waals surface area contributed by atoms with Crippen LogP contribution in [0.4, 0.5) is 4.79 Å². The van der Waals surface area contributed by atoms with Gasteiger partial charge in [0.05, 0.1) is 6.26 Å². The maximum Gasteiger partial charge on any atom is 0.317 e.